The molecule has 1 saturated heterocycles. The number of aromatic nitrogens is 2. The van der Waals surface area contributed by atoms with E-state index < -0.39 is 11.7 Å². The van der Waals surface area contributed by atoms with Gasteiger partial charge in [0.2, 0.25) is 5.95 Å². The Morgan fingerprint density at radius 3 is 2.52 bits per heavy atom. The summed E-state index contributed by atoms with van der Waals surface area (Å²) in [5.74, 6) is 1.63. The summed E-state index contributed by atoms with van der Waals surface area (Å²) in [6.45, 7) is 3.69. The van der Waals surface area contributed by atoms with Crippen molar-refractivity contribution >= 4 is 11.9 Å². The van der Waals surface area contributed by atoms with Gasteiger partial charge >= 0.3 is 6.18 Å². The van der Waals surface area contributed by atoms with E-state index in [9.17, 15) is 13.2 Å². The summed E-state index contributed by atoms with van der Waals surface area (Å²) in [7, 11) is 1.70. The minimum absolute atomic E-state index is 0.188. The molecule has 2 aromatic rings. The highest BCUT2D eigenvalue weighted by molar-refractivity contribution is 5.80. The lowest BCUT2D eigenvalue weighted by Crippen LogP contribution is -2.53. The molecule has 2 heterocycles. The van der Waals surface area contributed by atoms with Gasteiger partial charge in [0, 0.05) is 45.6 Å². The molecular formula is C19H23F3N6O. The number of rotatable bonds is 5. The third-order valence-corrected chi connectivity index (χ3v) is 4.44. The Bertz CT molecular complexity index is 807. The first kappa shape index (κ1) is 20.7. The third-order valence-electron chi connectivity index (χ3n) is 4.44. The SMILES string of the molecule is CN=C(NCCOc1cccc(C(F)(F)F)c1)N1CCN(c2ncccn2)CC1. The average Bonchev–Trinajstić information content (AvgIpc) is 2.74. The van der Waals surface area contributed by atoms with Crippen molar-refractivity contribution in [1.29, 1.82) is 0 Å². The normalized spacial score (nSPS) is 15.4. The van der Waals surface area contributed by atoms with E-state index in [0.29, 0.717) is 12.5 Å². The minimum atomic E-state index is -4.38. The number of benzene rings is 1. The number of alkyl halides is 3. The van der Waals surface area contributed by atoms with Gasteiger partial charge in [0.25, 0.3) is 0 Å². The molecule has 29 heavy (non-hydrogen) atoms. The zero-order valence-electron chi connectivity index (χ0n) is 16.1. The molecule has 3 rings (SSSR count). The van der Waals surface area contributed by atoms with Crippen LogP contribution in [0.4, 0.5) is 19.1 Å². The fourth-order valence-electron chi connectivity index (χ4n) is 3.00. The number of halogens is 3. The molecule has 0 unspecified atom stereocenters. The van der Waals surface area contributed by atoms with Gasteiger partial charge in [-0.15, -0.1) is 0 Å². The number of hydrogen-bond donors (Lipinski definition) is 1. The summed E-state index contributed by atoms with van der Waals surface area (Å²) in [5, 5.41) is 3.19. The molecular weight excluding hydrogens is 385 g/mol. The van der Waals surface area contributed by atoms with Gasteiger partial charge < -0.3 is 19.9 Å². The molecule has 156 valence electrons. The highest BCUT2D eigenvalue weighted by atomic mass is 19.4. The van der Waals surface area contributed by atoms with Crippen LogP contribution in [0.5, 0.6) is 5.75 Å². The number of piperazine rings is 1. The van der Waals surface area contributed by atoms with Crippen LogP contribution in [0.1, 0.15) is 5.56 Å². The van der Waals surface area contributed by atoms with Gasteiger partial charge in [-0.1, -0.05) is 6.07 Å². The van der Waals surface area contributed by atoms with E-state index in [1.54, 1.807) is 25.5 Å². The molecule has 0 amide bonds. The van der Waals surface area contributed by atoms with E-state index in [1.165, 1.54) is 12.1 Å². The number of aliphatic imine (C=N–C) groups is 1. The first-order chi connectivity index (χ1) is 14.0. The predicted octanol–water partition coefficient (Wildman–Crippen LogP) is 2.27. The van der Waals surface area contributed by atoms with Crippen molar-refractivity contribution in [3.05, 3.63) is 48.3 Å². The zero-order valence-corrected chi connectivity index (χ0v) is 16.1. The predicted molar refractivity (Wildman–Crippen MR) is 104 cm³/mol. The maximum absolute atomic E-state index is 12.7. The number of nitrogens with zero attached hydrogens (tertiary/aromatic N) is 5. The molecule has 0 bridgehead atoms. The van der Waals surface area contributed by atoms with Crippen molar-refractivity contribution in [2.45, 2.75) is 6.18 Å². The largest absolute Gasteiger partial charge is 0.492 e. The first-order valence-corrected chi connectivity index (χ1v) is 9.25. The van der Waals surface area contributed by atoms with Gasteiger partial charge in [-0.05, 0) is 24.3 Å². The highest BCUT2D eigenvalue weighted by Crippen LogP contribution is 2.31. The third kappa shape index (κ3) is 5.72. The van der Waals surface area contributed by atoms with Gasteiger partial charge in [0.15, 0.2) is 5.96 Å². The lowest BCUT2D eigenvalue weighted by Gasteiger charge is -2.36. The van der Waals surface area contributed by atoms with Crippen LogP contribution < -0.4 is 15.0 Å². The van der Waals surface area contributed by atoms with Crippen LogP contribution in [0.2, 0.25) is 0 Å². The van der Waals surface area contributed by atoms with Gasteiger partial charge in [-0.2, -0.15) is 13.2 Å². The number of hydrogen-bond acceptors (Lipinski definition) is 5. The average molecular weight is 408 g/mol. The monoisotopic (exact) mass is 408 g/mol. The van der Waals surface area contributed by atoms with E-state index in [1.807, 2.05) is 0 Å². The van der Waals surface area contributed by atoms with Crippen molar-refractivity contribution in [3.8, 4) is 5.75 Å². The molecule has 0 atom stereocenters. The summed E-state index contributed by atoms with van der Waals surface area (Å²) in [4.78, 5) is 17.0. The second kappa shape index (κ2) is 9.44. The van der Waals surface area contributed by atoms with E-state index >= 15 is 0 Å². The molecule has 1 aliphatic rings. The molecule has 7 nitrogen and oxygen atoms in total. The Kier molecular flexibility index (Phi) is 6.73. The molecule has 1 fully saturated rings. The smallest absolute Gasteiger partial charge is 0.416 e. The van der Waals surface area contributed by atoms with Crippen LogP contribution in [-0.2, 0) is 6.18 Å². The fraction of sp³-hybridized carbons (Fsp3) is 0.421. The number of guanidine groups is 1. The van der Waals surface area contributed by atoms with Crippen LogP contribution >= 0.6 is 0 Å². The quantitative estimate of drug-likeness (QED) is 0.465. The lowest BCUT2D eigenvalue weighted by atomic mass is 10.2. The summed E-state index contributed by atoms with van der Waals surface area (Å²) >= 11 is 0. The Labute approximate surface area is 167 Å². The Hall–Kier alpha value is -3.04. The van der Waals surface area contributed by atoms with Gasteiger partial charge in [-0.3, -0.25) is 4.99 Å². The van der Waals surface area contributed by atoms with E-state index in [-0.39, 0.29) is 12.4 Å². The van der Waals surface area contributed by atoms with Gasteiger partial charge in [0.05, 0.1) is 12.1 Å². The molecule has 0 aliphatic carbocycles. The second-order valence-electron chi connectivity index (χ2n) is 6.37. The molecule has 1 N–H and O–H groups in total. The Morgan fingerprint density at radius 1 is 1.14 bits per heavy atom. The van der Waals surface area contributed by atoms with E-state index in [4.69, 9.17) is 4.74 Å². The highest BCUT2D eigenvalue weighted by Gasteiger charge is 2.30. The van der Waals surface area contributed by atoms with Crippen LogP contribution in [0.15, 0.2) is 47.7 Å². The van der Waals surface area contributed by atoms with Gasteiger partial charge in [-0.25, -0.2) is 9.97 Å². The Morgan fingerprint density at radius 2 is 1.86 bits per heavy atom. The summed E-state index contributed by atoms with van der Waals surface area (Å²) in [6.07, 6.45) is -0.939. The topological polar surface area (TPSA) is 65.9 Å². The van der Waals surface area contributed by atoms with Crippen molar-refractivity contribution in [2.24, 2.45) is 4.99 Å². The number of nitrogens with one attached hydrogen (secondary N) is 1. The van der Waals surface area contributed by atoms with Gasteiger partial charge in [0.1, 0.15) is 12.4 Å². The van der Waals surface area contributed by atoms with Crippen molar-refractivity contribution in [3.63, 3.8) is 0 Å². The van der Waals surface area contributed by atoms with Crippen LogP contribution in [0.25, 0.3) is 0 Å². The first-order valence-electron chi connectivity index (χ1n) is 9.25. The van der Waals surface area contributed by atoms with E-state index in [0.717, 1.165) is 44.3 Å². The lowest BCUT2D eigenvalue weighted by molar-refractivity contribution is -0.137. The van der Waals surface area contributed by atoms with E-state index in [2.05, 4.69) is 30.1 Å². The Balaban J connectivity index is 1.43. The molecule has 1 aromatic heterocycles. The maximum Gasteiger partial charge on any atom is 0.416 e. The fourth-order valence-corrected chi connectivity index (χ4v) is 3.00. The summed E-state index contributed by atoms with van der Waals surface area (Å²) in [6, 6.07) is 6.65. The maximum atomic E-state index is 12.7. The number of ether oxygens (including phenoxy) is 1. The molecule has 0 spiro atoms. The van der Waals surface area contributed by atoms with Crippen LogP contribution in [0, 0.1) is 0 Å². The van der Waals surface area contributed by atoms with Crippen molar-refractivity contribution in [1.82, 2.24) is 20.2 Å². The van der Waals surface area contributed by atoms with Crippen LogP contribution in [-0.4, -0.2) is 67.2 Å². The molecule has 0 radical (unpaired) electrons. The van der Waals surface area contributed by atoms with Crippen molar-refractivity contribution < 1.29 is 17.9 Å². The van der Waals surface area contributed by atoms with Crippen molar-refractivity contribution in [2.75, 3.05) is 51.3 Å². The zero-order chi connectivity index (χ0) is 20.7. The summed E-state index contributed by atoms with van der Waals surface area (Å²) in [5.41, 5.74) is -0.723. The summed E-state index contributed by atoms with van der Waals surface area (Å²) < 4.78 is 43.7. The van der Waals surface area contributed by atoms with Crippen LogP contribution in [0.3, 0.4) is 0 Å². The minimum Gasteiger partial charge on any atom is -0.492 e. The molecule has 1 aliphatic heterocycles. The molecule has 1 aromatic carbocycles. The number of anilines is 1. The standard InChI is InChI=1S/C19H23F3N6O/c1-23-17(27-9-11-28(12-10-27)18-24-6-3-7-25-18)26-8-13-29-16-5-2-4-15(14-16)19(20,21)22/h2-7,14H,8-13H2,1H3,(H,23,26). The molecule has 0 saturated carbocycles. The molecule has 10 heteroatoms. The second-order valence-corrected chi connectivity index (χ2v) is 6.37.